The van der Waals surface area contributed by atoms with Crippen LogP contribution in [-0.4, -0.2) is 25.3 Å². The van der Waals surface area contributed by atoms with Crippen molar-refractivity contribution in [3.63, 3.8) is 0 Å². The lowest BCUT2D eigenvalue weighted by Crippen LogP contribution is -2.17. The van der Waals surface area contributed by atoms with Gasteiger partial charge < -0.3 is 13.8 Å². The SMILES string of the molecule is CCCCOP(CCCC)OCCC(=O)Oc1ccc(C)cc1C(C)(C)C. The molecule has 154 valence electrons. The summed E-state index contributed by atoms with van der Waals surface area (Å²) in [5, 5.41) is 0. The normalized spacial score (nSPS) is 12.8. The first-order valence-corrected chi connectivity index (χ1v) is 11.5. The fraction of sp³-hybridized carbons (Fsp3) is 0.682. The number of carbonyl (C=O) groups is 1. The Morgan fingerprint density at radius 3 is 2.33 bits per heavy atom. The van der Waals surface area contributed by atoms with Gasteiger partial charge in [0.1, 0.15) is 5.75 Å². The van der Waals surface area contributed by atoms with Gasteiger partial charge >= 0.3 is 5.97 Å². The summed E-state index contributed by atoms with van der Waals surface area (Å²) in [6.45, 7) is 13.8. The highest BCUT2D eigenvalue weighted by atomic mass is 31.2. The van der Waals surface area contributed by atoms with Gasteiger partial charge in [0.05, 0.1) is 19.6 Å². The van der Waals surface area contributed by atoms with Crippen LogP contribution in [0, 0.1) is 6.92 Å². The van der Waals surface area contributed by atoms with Crippen molar-refractivity contribution in [2.75, 3.05) is 19.4 Å². The fourth-order valence-electron chi connectivity index (χ4n) is 2.49. The summed E-state index contributed by atoms with van der Waals surface area (Å²) in [5.41, 5.74) is 2.12. The first-order valence-electron chi connectivity index (χ1n) is 10.1. The van der Waals surface area contributed by atoms with Crippen molar-refractivity contribution >= 4 is 14.3 Å². The largest absolute Gasteiger partial charge is 0.426 e. The average molecular weight is 397 g/mol. The molecule has 5 heteroatoms. The highest BCUT2D eigenvalue weighted by Gasteiger charge is 2.21. The molecule has 0 aliphatic carbocycles. The topological polar surface area (TPSA) is 44.8 Å². The molecule has 0 radical (unpaired) electrons. The van der Waals surface area contributed by atoms with Gasteiger partial charge in [0.15, 0.2) is 8.38 Å². The molecule has 0 aliphatic heterocycles. The van der Waals surface area contributed by atoms with Crippen LogP contribution >= 0.6 is 8.38 Å². The van der Waals surface area contributed by atoms with Crippen molar-refractivity contribution in [2.24, 2.45) is 0 Å². The predicted molar refractivity (Wildman–Crippen MR) is 114 cm³/mol. The van der Waals surface area contributed by atoms with Crippen molar-refractivity contribution in [3.8, 4) is 5.75 Å². The highest BCUT2D eigenvalue weighted by Crippen LogP contribution is 2.39. The van der Waals surface area contributed by atoms with E-state index in [1.807, 2.05) is 19.1 Å². The van der Waals surface area contributed by atoms with Crippen LogP contribution in [0.1, 0.15) is 77.8 Å². The zero-order valence-electron chi connectivity index (χ0n) is 18.0. The molecule has 27 heavy (non-hydrogen) atoms. The molecule has 0 N–H and O–H groups in total. The Labute approximate surface area is 166 Å². The summed E-state index contributed by atoms with van der Waals surface area (Å²) in [7, 11) is -0.905. The second-order valence-electron chi connectivity index (χ2n) is 7.90. The highest BCUT2D eigenvalue weighted by molar-refractivity contribution is 7.47. The molecular formula is C22H37O4P. The maximum absolute atomic E-state index is 12.3. The zero-order chi connectivity index (χ0) is 20.3. The number of benzene rings is 1. The lowest BCUT2D eigenvalue weighted by Gasteiger charge is -2.23. The molecule has 1 aromatic carbocycles. The van der Waals surface area contributed by atoms with Crippen LogP contribution in [0.4, 0.5) is 0 Å². The van der Waals surface area contributed by atoms with E-state index in [0.29, 0.717) is 12.4 Å². The van der Waals surface area contributed by atoms with Crippen molar-refractivity contribution < 1.29 is 18.6 Å². The Morgan fingerprint density at radius 2 is 1.70 bits per heavy atom. The molecule has 0 saturated carbocycles. The number of carbonyl (C=O) groups excluding carboxylic acids is 1. The van der Waals surface area contributed by atoms with Gasteiger partial charge in [-0.15, -0.1) is 0 Å². The molecule has 4 nitrogen and oxygen atoms in total. The molecule has 1 atom stereocenters. The van der Waals surface area contributed by atoms with E-state index < -0.39 is 8.38 Å². The van der Waals surface area contributed by atoms with E-state index in [1.165, 1.54) is 0 Å². The van der Waals surface area contributed by atoms with Crippen LogP contribution in [0.5, 0.6) is 5.75 Å². The Morgan fingerprint density at radius 1 is 1.04 bits per heavy atom. The molecular weight excluding hydrogens is 359 g/mol. The average Bonchev–Trinajstić information content (AvgIpc) is 2.60. The van der Waals surface area contributed by atoms with Crippen molar-refractivity contribution in [1.82, 2.24) is 0 Å². The van der Waals surface area contributed by atoms with Crippen LogP contribution in [0.3, 0.4) is 0 Å². The van der Waals surface area contributed by atoms with Crippen molar-refractivity contribution in [3.05, 3.63) is 29.3 Å². The molecule has 0 spiro atoms. The van der Waals surface area contributed by atoms with Gasteiger partial charge in [-0.25, -0.2) is 0 Å². The van der Waals surface area contributed by atoms with E-state index in [1.54, 1.807) is 0 Å². The predicted octanol–water partition coefficient (Wildman–Crippen LogP) is 6.53. The van der Waals surface area contributed by atoms with Gasteiger partial charge in [-0.1, -0.05) is 65.2 Å². The van der Waals surface area contributed by atoms with Crippen molar-refractivity contribution in [1.29, 1.82) is 0 Å². The maximum Gasteiger partial charge on any atom is 0.313 e. The molecule has 1 aromatic rings. The summed E-state index contributed by atoms with van der Waals surface area (Å²) < 4.78 is 17.3. The van der Waals surface area contributed by atoms with Gasteiger partial charge in [0.2, 0.25) is 0 Å². The molecule has 0 saturated heterocycles. The minimum absolute atomic E-state index is 0.0836. The van der Waals surface area contributed by atoms with E-state index in [9.17, 15) is 4.79 Å². The molecule has 0 aromatic heterocycles. The van der Waals surface area contributed by atoms with E-state index in [0.717, 1.165) is 49.6 Å². The smallest absolute Gasteiger partial charge is 0.313 e. The standard InChI is InChI=1S/C22H37O4P/c1-7-9-14-24-27(16-10-8-2)25-15-13-21(23)26-20-12-11-18(3)17-19(20)22(4,5)6/h11-12,17H,7-10,13-16H2,1-6H3. The monoisotopic (exact) mass is 396 g/mol. The Hall–Kier alpha value is -0.960. The van der Waals surface area contributed by atoms with Gasteiger partial charge in [0.25, 0.3) is 0 Å². The Kier molecular flexibility index (Phi) is 11.1. The van der Waals surface area contributed by atoms with Crippen LogP contribution in [0.25, 0.3) is 0 Å². The molecule has 1 rings (SSSR count). The van der Waals surface area contributed by atoms with Gasteiger partial charge in [-0.05, 0) is 31.2 Å². The number of hydrogen-bond acceptors (Lipinski definition) is 4. The minimum Gasteiger partial charge on any atom is -0.426 e. The number of aryl methyl sites for hydroxylation is 1. The first kappa shape index (κ1) is 24.1. The summed E-state index contributed by atoms with van der Waals surface area (Å²) in [5.74, 6) is 0.383. The quantitative estimate of drug-likeness (QED) is 0.174. The maximum atomic E-state index is 12.3. The van der Waals surface area contributed by atoms with Gasteiger partial charge in [0, 0.05) is 11.7 Å². The van der Waals surface area contributed by atoms with Crippen LogP contribution in [0.15, 0.2) is 18.2 Å². The summed E-state index contributed by atoms with van der Waals surface area (Å²) in [4.78, 5) is 12.3. The number of ether oxygens (including phenoxy) is 1. The third-order valence-electron chi connectivity index (χ3n) is 4.14. The summed E-state index contributed by atoms with van der Waals surface area (Å²) >= 11 is 0. The molecule has 0 amide bonds. The van der Waals surface area contributed by atoms with Crippen LogP contribution in [-0.2, 0) is 19.3 Å². The lowest BCUT2D eigenvalue weighted by molar-refractivity contribution is -0.135. The number of esters is 1. The molecule has 0 aliphatic rings. The third-order valence-corrected chi connectivity index (χ3v) is 5.76. The number of rotatable bonds is 12. The Bertz CT molecular complexity index is 566. The third kappa shape index (κ3) is 9.69. The van der Waals surface area contributed by atoms with Crippen molar-refractivity contribution in [2.45, 2.75) is 79.1 Å². The fourth-order valence-corrected chi connectivity index (χ4v) is 4.02. The minimum atomic E-state index is -0.905. The van der Waals surface area contributed by atoms with Crippen LogP contribution in [0.2, 0.25) is 0 Å². The lowest BCUT2D eigenvalue weighted by atomic mass is 9.85. The second kappa shape index (κ2) is 12.5. The molecule has 0 heterocycles. The molecule has 0 bridgehead atoms. The Balaban J connectivity index is 2.54. The summed E-state index contributed by atoms with van der Waals surface area (Å²) in [6.07, 6.45) is 5.51. The zero-order valence-corrected chi connectivity index (χ0v) is 18.9. The number of unbranched alkanes of at least 4 members (excludes halogenated alkanes) is 2. The van der Waals surface area contributed by atoms with E-state index in [2.05, 4.69) is 40.7 Å². The van der Waals surface area contributed by atoms with Gasteiger partial charge in [-0.2, -0.15) is 0 Å². The molecule has 1 unspecified atom stereocenters. The van der Waals surface area contributed by atoms with E-state index in [4.69, 9.17) is 13.8 Å². The molecule has 0 fully saturated rings. The number of hydrogen-bond donors (Lipinski definition) is 0. The second-order valence-corrected chi connectivity index (χ2v) is 9.53. The van der Waals surface area contributed by atoms with Gasteiger partial charge in [-0.3, -0.25) is 4.79 Å². The summed E-state index contributed by atoms with van der Waals surface area (Å²) in [6, 6.07) is 5.95. The van der Waals surface area contributed by atoms with E-state index in [-0.39, 0.29) is 17.8 Å². The first-order chi connectivity index (χ1) is 12.8. The van der Waals surface area contributed by atoms with Crippen LogP contribution < -0.4 is 4.74 Å². The van der Waals surface area contributed by atoms with E-state index >= 15 is 0 Å².